The molecule has 1 aromatic carbocycles. The summed E-state index contributed by atoms with van der Waals surface area (Å²) in [6, 6.07) is 8.35. The normalized spacial score (nSPS) is 16.3. The molecule has 0 aliphatic heterocycles. The number of hydrogen-bond acceptors (Lipinski definition) is 2. The van der Waals surface area contributed by atoms with Gasteiger partial charge in [0.15, 0.2) is 0 Å². The molecule has 0 saturated heterocycles. The van der Waals surface area contributed by atoms with E-state index in [9.17, 15) is 4.79 Å². The van der Waals surface area contributed by atoms with Crippen molar-refractivity contribution < 1.29 is 4.79 Å². The fraction of sp³-hybridized carbons (Fsp3) is 0.533. The van der Waals surface area contributed by atoms with Crippen molar-refractivity contribution in [1.29, 1.82) is 0 Å². The monoisotopic (exact) mass is 246 g/mol. The molecule has 0 aromatic heterocycles. The number of carbonyl (C=O) groups is 1. The van der Waals surface area contributed by atoms with E-state index in [0.717, 1.165) is 18.0 Å². The number of nitrogens with one attached hydrogen (secondary N) is 2. The maximum Gasteiger partial charge on any atom is 0.234 e. The molecule has 1 amide bonds. The average molecular weight is 246 g/mol. The van der Waals surface area contributed by atoms with E-state index >= 15 is 0 Å². The summed E-state index contributed by atoms with van der Waals surface area (Å²) in [6.45, 7) is 5.48. The fourth-order valence-electron chi connectivity index (χ4n) is 1.94. The van der Waals surface area contributed by atoms with Crippen LogP contribution in [0.15, 0.2) is 24.3 Å². The van der Waals surface area contributed by atoms with Crippen LogP contribution in [0.25, 0.3) is 0 Å². The third-order valence-corrected chi connectivity index (χ3v) is 3.37. The van der Waals surface area contributed by atoms with Gasteiger partial charge in [-0.2, -0.15) is 0 Å². The van der Waals surface area contributed by atoms with Gasteiger partial charge in [-0.1, -0.05) is 29.8 Å². The number of rotatable bonds is 6. The smallest absolute Gasteiger partial charge is 0.234 e. The van der Waals surface area contributed by atoms with Crippen molar-refractivity contribution in [2.45, 2.75) is 32.7 Å². The molecular weight excluding hydrogens is 224 g/mol. The molecular formula is C15H22N2O. The molecule has 1 fully saturated rings. The molecule has 1 saturated carbocycles. The Morgan fingerprint density at radius 1 is 1.33 bits per heavy atom. The number of hydrogen-bond donors (Lipinski definition) is 2. The lowest BCUT2D eigenvalue weighted by Crippen LogP contribution is -2.36. The molecule has 2 N–H and O–H groups in total. The van der Waals surface area contributed by atoms with E-state index in [2.05, 4.69) is 41.8 Å². The maximum atomic E-state index is 11.7. The first-order chi connectivity index (χ1) is 8.65. The molecule has 3 heteroatoms. The minimum Gasteiger partial charge on any atom is -0.348 e. The first-order valence-corrected chi connectivity index (χ1v) is 6.72. The Morgan fingerprint density at radius 2 is 2.00 bits per heavy atom. The Kier molecular flexibility index (Phi) is 4.37. The number of carbonyl (C=O) groups excluding carboxylic acids is 1. The second-order valence-electron chi connectivity index (χ2n) is 5.27. The Balaban J connectivity index is 1.73. The number of amides is 1. The summed E-state index contributed by atoms with van der Waals surface area (Å²) in [5, 5.41) is 6.21. The molecule has 0 bridgehead atoms. The van der Waals surface area contributed by atoms with Gasteiger partial charge in [-0.15, -0.1) is 0 Å². The highest BCUT2D eigenvalue weighted by Crippen LogP contribution is 2.27. The highest BCUT2D eigenvalue weighted by molar-refractivity contribution is 5.78. The molecule has 0 radical (unpaired) electrons. The summed E-state index contributed by atoms with van der Waals surface area (Å²) in [4.78, 5) is 11.7. The molecule has 0 unspecified atom stereocenters. The zero-order valence-corrected chi connectivity index (χ0v) is 11.2. The van der Waals surface area contributed by atoms with Crippen LogP contribution < -0.4 is 10.6 Å². The topological polar surface area (TPSA) is 41.1 Å². The molecule has 18 heavy (non-hydrogen) atoms. The SMILES string of the molecule is Cc1ccc([C@@H](C)NC(=O)CNCC2CC2)cc1. The lowest BCUT2D eigenvalue weighted by molar-refractivity contribution is -0.120. The zero-order valence-electron chi connectivity index (χ0n) is 11.2. The van der Waals surface area contributed by atoms with Gasteiger partial charge in [-0.3, -0.25) is 4.79 Å². The minimum absolute atomic E-state index is 0.0702. The van der Waals surface area contributed by atoms with Crippen LogP contribution in [0.3, 0.4) is 0 Å². The lowest BCUT2D eigenvalue weighted by Gasteiger charge is -2.15. The lowest BCUT2D eigenvalue weighted by atomic mass is 10.1. The summed E-state index contributed by atoms with van der Waals surface area (Å²) >= 11 is 0. The Hall–Kier alpha value is -1.35. The third kappa shape index (κ3) is 4.15. The summed E-state index contributed by atoms with van der Waals surface area (Å²) in [6.07, 6.45) is 2.63. The average Bonchev–Trinajstić information content (AvgIpc) is 3.13. The van der Waals surface area contributed by atoms with Crippen LogP contribution in [-0.4, -0.2) is 19.0 Å². The first-order valence-electron chi connectivity index (χ1n) is 6.72. The summed E-state index contributed by atoms with van der Waals surface area (Å²) < 4.78 is 0. The van der Waals surface area contributed by atoms with E-state index in [0.29, 0.717) is 6.54 Å². The fourth-order valence-corrected chi connectivity index (χ4v) is 1.94. The van der Waals surface area contributed by atoms with Crippen molar-refractivity contribution in [3.05, 3.63) is 35.4 Å². The summed E-state index contributed by atoms with van der Waals surface area (Å²) in [5.41, 5.74) is 2.39. The molecule has 0 spiro atoms. The highest BCUT2D eigenvalue weighted by Gasteiger charge is 2.20. The van der Waals surface area contributed by atoms with Crippen molar-refractivity contribution in [2.75, 3.05) is 13.1 Å². The van der Waals surface area contributed by atoms with E-state index in [1.54, 1.807) is 0 Å². The number of aryl methyl sites for hydroxylation is 1. The summed E-state index contributed by atoms with van der Waals surface area (Å²) in [7, 11) is 0. The van der Waals surface area contributed by atoms with Gasteiger partial charge in [0.25, 0.3) is 0 Å². The minimum atomic E-state index is 0.0702. The van der Waals surface area contributed by atoms with Crippen molar-refractivity contribution in [3.63, 3.8) is 0 Å². The standard InChI is InChI=1S/C15H22N2O/c1-11-3-7-14(8-4-11)12(2)17-15(18)10-16-9-13-5-6-13/h3-4,7-8,12-13,16H,5-6,9-10H2,1-2H3,(H,17,18)/t12-/m1/s1. The Bertz CT molecular complexity index is 395. The van der Waals surface area contributed by atoms with Gasteiger partial charge in [0.1, 0.15) is 0 Å². The second-order valence-corrected chi connectivity index (χ2v) is 5.27. The van der Waals surface area contributed by atoms with Crippen molar-refractivity contribution in [2.24, 2.45) is 5.92 Å². The largest absolute Gasteiger partial charge is 0.348 e. The van der Waals surface area contributed by atoms with Crippen LogP contribution in [0.4, 0.5) is 0 Å². The summed E-state index contributed by atoms with van der Waals surface area (Å²) in [5.74, 6) is 0.885. The predicted octanol–water partition coefficient (Wildman–Crippen LogP) is 2.17. The molecule has 1 aliphatic carbocycles. The van der Waals surface area contributed by atoms with Crippen LogP contribution in [0.2, 0.25) is 0 Å². The van der Waals surface area contributed by atoms with Crippen molar-refractivity contribution in [1.82, 2.24) is 10.6 Å². The first kappa shape index (κ1) is 13.1. The van der Waals surface area contributed by atoms with Gasteiger partial charge >= 0.3 is 0 Å². The van der Waals surface area contributed by atoms with Gasteiger partial charge in [0, 0.05) is 0 Å². The van der Waals surface area contributed by atoms with E-state index in [1.807, 2.05) is 6.92 Å². The molecule has 1 atom stereocenters. The van der Waals surface area contributed by atoms with E-state index in [-0.39, 0.29) is 11.9 Å². The van der Waals surface area contributed by atoms with E-state index < -0.39 is 0 Å². The molecule has 98 valence electrons. The molecule has 1 aromatic rings. The van der Waals surface area contributed by atoms with Gasteiger partial charge < -0.3 is 10.6 Å². The molecule has 3 nitrogen and oxygen atoms in total. The Labute approximate surface area is 109 Å². The van der Waals surface area contributed by atoms with Gasteiger partial charge in [-0.25, -0.2) is 0 Å². The van der Waals surface area contributed by atoms with Crippen LogP contribution in [0.5, 0.6) is 0 Å². The number of benzene rings is 1. The van der Waals surface area contributed by atoms with Gasteiger partial charge in [0.05, 0.1) is 12.6 Å². The quantitative estimate of drug-likeness (QED) is 0.807. The molecule has 2 rings (SSSR count). The Morgan fingerprint density at radius 3 is 2.61 bits per heavy atom. The van der Waals surface area contributed by atoms with Gasteiger partial charge in [-0.05, 0) is 44.7 Å². The molecule has 0 heterocycles. The third-order valence-electron chi connectivity index (χ3n) is 3.37. The highest BCUT2D eigenvalue weighted by atomic mass is 16.1. The van der Waals surface area contributed by atoms with Crippen molar-refractivity contribution in [3.8, 4) is 0 Å². The van der Waals surface area contributed by atoms with Gasteiger partial charge in [0.2, 0.25) is 5.91 Å². The van der Waals surface area contributed by atoms with Crippen LogP contribution in [0, 0.1) is 12.8 Å². The molecule has 1 aliphatic rings. The second kappa shape index (κ2) is 6.01. The van der Waals surface area contributed by atoms with Crippen LogP contribution in [0.1, 0.15) is 36.9 Å². The van der Waals surface area contributed by atoms with E-state index in [1.165, 1.54) is 18.4 Å². The zero-order chi connectivity index (χ0) is 13.0. The van der Waals surface area contributed by atoms with Crippen molar-refractivity contribution >= 4 is 5.91 Å². The predicted molar refractivity (Wildman–Crippen MR) is 73.3 cm³/mol. The van der Waals surface area contributed by atoms with E-state index in [4.69, 9.17) is 0 Å². The van der Waals surface area contributed by atoms with Crippen LogP contribution in [-0.2, 0) is 4.79 Å². The van der Waals surface area contributed by atoms with Crippen LogP contribution >= 0.6 is 0 Å². The maximum absolute atomic E-state index is 11.7.